The van der Waals surface area contributed by atoms with E-state index in [2.05, 4.69) is 68.1 Å². The summed E-state index contributed by atoms with van der Waals surface area (Å²) in [6.07, 6.45) is 0. The Morgan fingerprint density at radius 3 is 2.68 bits per heavy atom. The molecule has 0 radical (unpaired) electrons. The van der Waals surface area contributed by atoms with Crippen LogP contribution in [0.2, 0.25) is 0 Å². The van der Waals surface area contributed by atoms with Crippen molar-refractivity contribution >= 4 is 37.5 Å². The summed E-state index contributed by atoms with van der Waals surface area (Å²) in [6.45, 7) is 7.60. The van der Waals surface area contributed by atoms with E-state index in [1.807, 2.05) is 0 Å². The van der Waals surface area contributed by atoms with Crippen molar-refractivity contribution in [1.82, 2.24) is 5.32 Å². The van der Waals surface area contributed by atoms with Crippen LogP contribution in [0, 0.1) is 5.92 Å². The summed E-state index contributed by atoms with van der Waals surface area (Å²) in [6, 6.07) is 4.69. The van der Waals surface area contributed by atoms with E-state index >= 15 is 0 Å². The highest BCUT2D eigenvalue weighted by atomic mass is 79.9. The zero-order valence-corrected chi connectivity index (χ0v) is 14.7. The van der Waals surface area contributed by atoms with Crippen molar-refractivity contribution in [3.8, 4) is 5.75 Å². The lowest BCUT2D eigenvalue weighted by Crippen LogP contribution is -2.53. The highest BCUT2D eigenvalue weighted by molar-refractivity contribution is 9.11. The van der Waals surface area contributed by atoms with Gasteiger partial charge in [-0.15, -0.1) is 0 Å². The molecule has 1 aromatic carbocycles. The molecule has 1 fully saturated rings. The predicted octanol–water partition coefficient (Wildman–Crippen LogP) is 3.65. The van der Waals surface area contributed by atoms with Gasteiger partial charge in [-0.3, -0.25) is 0 Å². The van der Waals surface area contributed by atoms with Crippen LogP contribution in [-0.2, 0) is 0 Å². The van der Waals surface area contributed by atoms with Crippen LogP contribution in [0.5, 0.6) is 5.75 Å². The molecular formula is C14H20Br2N2O. The van der Waals surface area contributed by atoms with Crippen LogP contribution in [0.15, 0.2) is 21.1 Å². The number of nitrogens with one attached hydrogen (secondary N) is 1. The van der Waals surface area contributed by atoms with Gasteiger partial charge in [-0.2, -0.15) is 0 Å². The summed E-state index contributed by atoms with van der Waals surface area (Å²) >= 11 is 7.17. The first-order chi connectivity index (χ1) is 9.02. The number of nitrogens with zero attached hydrogens (tertiary/aromatic N) is 1. The number of halogens is 2. The van der Waals surface area contributed by atoms with Crippen molar-refractivity contribution in [2.45, 2.75) is 19.9 Å². The van der Waals surface area contributed by atoms with Crippen LogP contribution in [0.25, 0.3) is 0 Å². The highest BCUT2D eigenvalue weighted by Crippen LogP contribution is 2.37. The van der Waals surface area contributed by atoms with Crippen LogP contribution < -0.4 is 15.0 Å². The molecule has 0 aromatic heterocycles. The predicted molar refractivity (Wildman–Crippen MR) is 87.2 cm³/mol. The molecule has 5 heteroatoms. The molecule has 0 amide bonds. The minimum atomic E-state index is 0.537. The third-order valence-corrected chi connectivity index (χ3v) is 4.83. The first-order valence-electron chi connectivity index (χ1n) is 6.54. The first kappa shape index (κ1) is 15.1. The topological polar surface area (TPSA) is 24.5 Å². The van der Waals surface area contributed by atoms with E-state index in [1.54, 1.807) is 7.11 Å². The Balaban J connectivity index is 2.25. The molecule has 19 heavy (non-hydrogen) atoms. The van der Waals surface area contributed by atoms with Crippen LogP contribution in [0.4, 0.5) is 5.69 Å². The lowest BCUT2D eigenvalue weighted by molar-refractivity contribution is 0.367. The molecule has 1 aliphatic heterocycles. The van der Waals surface area contributed by atoms with E-state index in [0.717, 1.165) is 34.3 Å². The maximum Gasteiger partial charge on any atom is 0.135 e. The van der Waals surface area contributed by atoms with Gasteiger partial charge in [0.25, 0.3) is 0 Å². The van der Waals surface area contributed by atoms with E-state index in [1.165, 1.54) is 5.69 Å². The minimum Gasteiger partial charge on any atom is -0.495 e. The van der Waals surface area contributed by atoms with Gasteiger partial charge in [-0.25, -0.2) is 0 Å². The van der Waals surface area contributed by atoms with E-state index < -0.39 is 0 Å². The second-order valence-corrected chi connectivity index (χ2v) is 6.90. The summed E-state index contributed by atoms with van der Waals surface area (Å²) < 4.78 is 7.47. The molecule has 106 valence electrons. The van der Waals surface area contributed by atoms with Crippen molar-refractivity contribution in [3.63, 3.8) is 0 Å². The number of hydrogen-bond donors (Lipinski definition) is 1. The Morgan fingerprint density at radius 2 is 2.05 bits per heavy atom. The maximum absolute atomic E-state index is 5.40. The zero-order valence-electron chi connectivity index (χ0n) is 11.5. The first-order valence-corrected chi connectivity index (χ1v) is 8.13. The average molecular weight is 392 g/mol. The number of methoxy groups -OCH3 is 1. The molecule has 0 bridgehead atoms. The van der Waals surface area contributed by atoms with E-state index in [9.17, 15) is 0 Å². The number of benzene rings is 1. The van der Waals surface area contributed by atoms with Gasteiger partial charge < -0.3 is 15.0 Å². The fourth-order valence-corrected chi connectivity index (χ4v) is 3.77. The number of piperazine rings is 1. The van der Waals surface area contributed by atoms with Gasteiger partial charge in [0.15, 0.2) is 0 Å². The maximum atomic E-state index is 5.40. The third kappa shape index (κ3) is 3.44. The van der Waals surface area contributed by atoms with Crippen molar-refractivity contribution in [2.24, 2.45) is 5.92 Å². The van der Waals surface area contributed by atoms with Gasteiger partial charge in [0.2, 0.25) is 0 Å². The summed E-state index contributed by atoms with van der Waals surface area (Å²) in [5.41, 5.74) is 1.20. The molecule has 2 rings (SSSR count). The molecule has 1 aliphatic rings. The molecule has 1 aromatic rings. The van der Waals surface area contributed by atoms with Crippen LogP contribution in [0.1, 0.15) is 13.8 Å². The SMILES string of the molecule is COc1cc(N2CCNC(C(C)C)C2)c(Br)cc1Br. The van der Waals surface area contributed by atoms with Crippen molar-refractivity contribution in [2.75, 3.05) is 31.6 Å². The van der Waals surface area contributed by atoms with E-state index in [4.69, 9.17) is 4.74 Å². The second-order valence-electron chi connectivity index (χ2n) is 5.19. The van der Waals surface area contributed by atoms with E-state index in [0.29, 0.717) is 12.0 Å². The van der Waals surface area contributed by atoms with E-state index in [-0.39, 0.29) is 0 Å². The zero-order chi connectivity index (χ0) is 14.0. The van der Waals surface area contributed by atoms with Gasteiger partial charge in [0.05, 0.1) is 17.3 Å². The molecule has 0 aliphatic carbocycles. The average Bonchev–Trinajstić information content (AvgIpc) is 2.39. The lowest BCUT2D eigenvalue weighted by Gasteiger charge is -2.37. The molecular weight excluding hydrogens is 372 g/mol. The Bertz CT molecular complexity index is 451. The lowest BCUT2D eigenvalue weighted by atomic mass is 10.0. The van der Waals surface area contributed by atoms with Crippen LogP contribution in [-0.4, -0.2) is 32.8 Å². The Labute approximate surface area is 132 Å². The summed E-state index contributed by atoms with van der Waals surface area (Å²) in [7, 11) is 1.70. The Hall–Kier alpha value is -0.260. The smallest absolute Gasteiger partial charge is 0.135 e. The number of anilines is 1. The Morgan fingerprint density at radius 1 is 1.32 bits per heavy atom. The third-order valence-electron chi connectivity index (χ3n) is 3.57. The Kier molecular flexibility index (Phi) is 5.15. The molecule has 1 N–H and O–H groups in total. The highest BCUT2D eigenvalue weighted by Gasteiger charge is 2.23. The fraction of sp³-hybridized carbons (Fsp3) is 0.571. The summed E-state index contributed by atoms with van der Waals surface area (Å²) in [4.78, 5) is 2.42. The standard InChI is InChI=1S/C14H20Br2N2O/c1-9(2)12-8-18(5-4-17-12)13-7-14(19-3)11(16)6-10(13)15/h6-7,9,12,17H,4-5,8H2,1-3H3. The van der Waals surface area contributed by atoms with Crippen LogP contribution in [0.3, 0.4) is 0 Å². The molecule has 1 atom stereocenters. The largest absolute Gasteiger partial charge is 0.495 e. The molecule has 1 saturated heterocycles. The van der Waals surface area contributed by atoms with Crippen molar-refractivity contribution in [3.05, 3.63) is 21.1 Å². The molecule has 1 heterocycles. The number of hydrogen-bond acceptors (Lipinski definition) is 3. The molecule has 1 unspecified atom stereocenters. The second kappa shape index (κ2) is 6.46. The summed E-state index contributed by atoms with van der Waals surface area (Å²) in [5.74, 6) is 1.51. The molecule has 3 nitrogen and oxygen atoms in total. The normalized spacial score (nSPS) is 19.9. The quantitative estimate of drug-likeness (QED) is 0.850. The van der Waals surface area contributed by atoms with Crippen LogP contribution >= 0.6 is 31.9 Å². The van der Waals surface area contributed by atoms with Gasteiger partial charge in [-0.1, -0.05) is 13.8 Å². The molecule has 0 saturated carbocycles. The molecule has 0 spiro atoms. The minimum absolute atomic E-state index is 0.537. The van der Waals surface area contributed by atoms with Gasteiger partial charge in [0.1, 0.15) is 5.75 Å². The monoisotopic (exact) mass is 390 g/mol. The number of rotatable bonds is 3. The summed E-state index contributed by atoms with van der Waals surface area (Å²) in [5, 5.41) is 3.58. The number of ether oxygens (including phenoxy) is 1. The van der Waals surface area contributed by atoms with Gasteiger partial charge in [-0.05, 0) is 43.8 Å². The van der Waals surface area contributed by atoms with Crippen molar-refractivity contribution < 1.29 is 4.74 Å². The van der Waals surface area contributed by atoms with Gasteiger partial charge in [0, 0.05) is 36.2 Å². The fourth-order valence-electron chi connectivity index (χ4n) is 2.36. The van der Waals surface area contributed by atoms with Gasteiger partial charge >= 0.3 is 0 Å². The van der Waals surface area contributed by atoms with Crippen molar-refractivity contribution in [1.29, 1.82) is 0 Å².